The summed E-state index contributed by atoms with van der Waals surface area (Å²) in [6.45, 7) is 0. The third kappa shape index (κ3) is 2.35. The maximum absolute atomic E-state index is 5.93. The first-order valence-corrected chi connectivity index (χ1v) is 5.51. The number of hydrogen-bond acceptors (Lipinski definition) is 0. The summed E-state index contributed by atoms with van der Waals surface area (Å²) < 4.78 is 0.834. The van der Waals surface area contributed by atoms with E-state index in [-0.39, 0.29) is 0 Å². The van der Waals surface area contributed by atoms with Gasteiger partial charge in [-0.1, -0.05) is 39.1 Å². The molecule has 1 aromatic carbocycles. The molecule has 60 valence electrons. The highest BCUT2D eigenvalue weighted by molar-refractivity contribution is 9.10. The van der Waals surface area contributed by atoms with Crippen molar-refractivity contribution in [2.24, 2.45) is 0 Å². The van der Waals surface area contributed by atoms with Crippen molar-refractivity contribution in [2.45, 2.75) is 5.33 Å². The molecule has 0 saturated heterocycles. The first-order chi connectivity index (χ1) is 5.15. The molecule has 0 aliphatic carbocycles. The van der Waals surface area contributed by atoms with Crippen molar-refractivity contribution in [3.05, 3.63) is 32.2 Å². The van der Waals surface area contributed by atoms with Crippen LogP contribution in [0.5, 0.6) is 0 Å². The molecule has 0 radical (unpaired) electrons. The Bertz CT molecular complexity index is 273. The standard InChI is InChI=1S/C7H4Br2Cl2/c8-3-4-1-5(10)2-6(9)7(4)11/h1-2H,3H2. The van der Waals surface area contributed by atoms with Crippen LogP contribution in [0.1, 0.15) is 5.56 Å². The summed E-state index contributed by atoms with van der Waals surface area (Å²) in [6.07, 6.45) is 0. The number of hydrogen-bond donors (Lipinski definition) is 0. The first-order valence-electron chi connectivity index (χ1n) is 2.84. The molecule has 0 unspecified atom stereocenters. The average Bonchev–Trinajstić information content (AvgIpc) is 1.96. The molecule has 0 aliphatic heterocycles. The molecule has 0 saturated carbocycles. The van der Waals surface area contributed by atoms with Crippen molar-refractivity contribution < 1.29 is 0 Å². The van der Waals surface area contributed by atoms with Gasteiger partial charge in [0, 0.05) is 14.8 Å². The van der Waals surface area contributed by atoms with Crippen LogP contribution < -0.4 is 0 Å². The number of rotatable bonds is 1. The minimum atomic E-state index is 0.690. The smallest absolute Gasteiger partial charge is 0.0589 e. The zero-order chi connectivity index (χ0) is 8.43. The second-order valence-electron chi connectivity index (χ2n) is 1.99. The van der Waals surface area contributed by atoms with Crippen molar-refractivity contribution in [1.82, 2.24) is 0 Å². The highest BCUT2D eigenvalue weighted by Gasteiger charge is 2.04. The fourth-order valence-corrected chi connectivity index (χ4v) is 2.36. The van der Waals surface area contributed by atoms with Crippen molar-refractivity contribution in [2.75, 3.05) is 0 Å². The molecule has 11 heavy (non-hydrogen) atoms. The van der Waals surface area contributed by atoms with Crippen LogP contribution in [0, 0.1) is 0 Å². The fourth-order valence-electron chi connectivity index (χ4n) is 0.707. The van der Waals surface area contributed by atoms with Gasteiger partial charge in [0.05, 0.1) is 5.02 Å². The van der Waals surface area contributed by atoms with Gasteiger partial charge in [-0.05, 0) is 33.6 Å². The molecule has 0 aliphatic rings. The van der Waals surface area contributed by atoms with Gasteiger partial charge in [0.15, 0.2) is 0 Å². The third-order valence-electron chi connectivity index (χ3n) is 1.21. The molecule has 0 fully saturated rings. The summed E-state index contributed by atoms with van der Waals surface area (Å²) in [4.78, 5) is 0. The van der Waals surface area contributed by atoms with Crippen LogP contribution in [-0.4, -0.2) is 0 Å². The average molecular weight is 319 g/mol. The van der Waals surface area contributed by atoms with E-state index in [4.69, 9.17) is 23.2 Å². The monoisotopic (exact) mass is 316 g/mol. The van der Waals surface area contributed by atoms with E-state index in [1.807, 2.05) is 6.07 Å². The molecule has 0 nitrogen and oxygen atoms in total. The predicted octanol–water partition coefficient (Wildman–Crippen LogP) is 4.65. The maximum Gasteiger partial charge on any atom is 0.0589 e. The number of halogens is 4. The minimum Gasteiger partial charge on any atom is -0.0876 e. The third-order valence-corrected chi connectivity index (χ3v) is 3.33. The quantitative estimate of drug-likeness (QED) is 0.522. The Labute approximate surface area is 92.1 Å². The van der Waals surface area contributed by atoms with Gasteiger partial charge in [-0.3, -0.25) is 0 Å². The van der Waals surface area contributed by atoms with Gasteiger partial charge < -0.3 is 0 Å². The highest BCUT2D eigenvalue weighted by Crippen LogP contribution is 2.31. The molecule has 0 bridgehead atoms. The van der Waals surface area contributed by atoms with E-state index < -0.39 is 0 Å². The SMILES string of the molecule is Clc1cc(Br)c(Cl)c(CBr)c1. The Morgan fingerprint density at radius 2 is 1.91 bits per heavy atom. The van der Waals surface area contributed by atoms with Gasteiger partial charge in [0.2, 0.25) is 0 Å². The van der Waals surface area contributed by atoms with Gasteiger partial charge in [0.25, 0.3) is 0 Å². The van der Waals surface area contributed by atoms with Crippen LogP contribution in [0.3, 0.4) is 0 Å². The molecule has 1 aromatic rings. The van der Waals surface area contributed by atoms with Crippen LogP contribution in [0.2, 0.25) is 10.0 Å². The fraction of sp³-hybridized carbons (Fsp3) is 0.143. The summed E-state index contributed by atoms with van der Waals surface area (Å²) in [7, 11) is 0. The molecular weight excluding hydrogens is 315 g/mol. The molecule has 0 aromatic heterocycles. The number of alkyl halides is 1. The molecular formula is C7H4Br2Cl2. The van der Waals surface area contributed by atoms with Crippen LogP contribution in [-0.2, 0) is 5.33 Å². The van der Waals surface area contributed by atoms with Gasteiger partial charge in [-0.15, -0.1) is 0 Å². The van der Waals surface area contributed by atoms with E-state index in [9.17, 15) is 0 Å². The minimum absolute atomic E-state index is 0.690. The topological polar surface area (TPSA) is 0 Å². The maximum atomic E-state index is 5.93. The predicted molar refractivity (Wildman–Crippen MR) is 56.8 cm³/mol. The van der Waals surface area contributed by atoms with E-state index >= 15 is 0 Å². The Morgan fingerprint density at radius 1 is 1.27 bits per heavy atom. The lowest BCUT2D eigenvalue weighted by Crippen LogP contribution is -1.81. The molecule has 0 amide bonds. The molecule has 4 heteroatoms. The van der Waals surface area contributed by atoms with Gasteiger partial charge >= 0.3 is 0 Å². The molecule has 0 N–H and O–H groups in total. The van der Waals surface area contributed by atoms with E-state index in [1.165, 1.54) is 0 Å². The second-order valence-corrected chi connectivity index (χ2v) is 4.22. The first kappa shape index (κ1) is 9.85. The van der Waals surface area contributed by atoms with Crippen LogP contribution >= 0.6 is 55.1 Å². The van der Waals surface area contributed by atoms with E-state index in [0.717, 1.165) is 10.0 Å². The molecule has 0 atom stereocenters. The Morgan fingerprint density at radius 3 is 2.45 bits per heavy atom. The normalized spacial score (nSPS) is 10.2. The van der Waals surface area contributed by atoms with E-state index in [1.54, 1.807) is 6.07 Å². The summed E-state index contributed by atoms with van der Waals surface area (Å²) in [5, 5.41) is 2.12. The van der Waals surface area contributed by atoms with Crippen LogP contribution in [0.25, 0.3) is 0 Å². The van der Waals surface area contributed by atoms with Crippen molar-refractivity contribution in [3.8, 4) is 0 Å². The Balaban J connectivity index is 3.24. The second kappa shape index (κ2) is 4.13. The Hall–Kier alpha value is 0.760. The van der Waals surface area contributed by atoms with Crippen molar-refractivity contribution in [3.63, 3.8) is 0 Å². The van der Waals surface area contributed by atoms with Crippen molar-refractivity contribution >= 4 is 55.1 Å². The van der Waals surface area contributed by atoms with Crippen molar-refractivity contribution in [1.29, 1.82) is 0 Å². The summed E-state index contributed by atoms with van der Waals surface area (Å²) in [5.74, 6) is 0. The highest BCUT2D eigenvalue weighted by atomic mass is 79.9. The molecule has 0 spiro atoms. The van der Waals surface area contributed by atoms with E-state index in [0.29, 0.717) is 15.4 Å². The van der Waals surface area contributed by atoms with Crippen LogP contribution in [0.4, 0.5) is 0 Å². The van der Waals surface area contributed by atoms with Gasteiger partial charge in [0.1, 0.15) is 0 Å². The zero-order valence-corrected chi connectivity index (χ0v) is 10.1. The largest absolute Gasteiger partial charge is 0.0876 e. The molecule has 0 heterocycles. The molecule has 1 rings (SSSR count). The lowest BCUT2D eigenvalue weighted by Gasteiger charge is -2.02. The Kier molecular flexibility index (Phi) is 3.69. The van der Waals surface area contributed by atoms with Gasteiger partial charge in [-0.25, -0.2) is 0 Å². The lowest BCUT2D eigenvalue weighted by atomic mass is 10.2. The van der Waals surface area contributed by atoms with E-state index in [2.05, 4.69) is 31.9 Å². The lowest BCUT2D eigenvalue weighted by molar-refractivity contribution is 1.42. The van der Waals surface area contributed by atoms with Gasteiger partial charge in [-0.2, -0.15) is 0 Å². The van der Waals surface area contributed by atoms with Crippen LogP contribution in [0.15, 0.2) is 16.6 Å². The summed E-state index contributed by atoms with van der Waals surface area (Å²) in [6, 6.07) is 3.61. The summed E-state index contributed by atoms with van der Waals surface area (Å²) in [5.41, 5.74) is 0.992. The zero-order valence-electron chi connectivity index (χ0n) is 5.37. The number of benzene rings is 1. The summed E-state index contributed by atoms with van der Waals surface area (Å²) >= 11 is 18.3.